The molecule has 1 aromatic carbocycles. The zero-order valence-electron chi connectivity index (χ0n) is 18.0. The van der Waals surface area contributed by atoms with Crippen LogP contribution in [0.5, 0.6) is 5.75 Å². The quantitative estimate of drug-likeness (QED) is 0.475. The standard InChI is InChI=1S/C25H26N2O4S/c1-3-12-26(25(29)22-9-6-14-30-22)16-24(28)27-13-10-23-19(11-15-32-23)20(27)17-31-21-8-5-4-7-18(21)2/h3-9,11,14-15,20H,1,10,12-13,16-17H2,2H3/t20-/m1/s1. The first-order valence-electron chi connectivity index (χ1n) is 10.6. The summed E-state index contributed by atoms with van der Waals surface area (Å²) >= 11 is 1.71. The highest BCUT2D eigenvalue weighted by Crippen LogP contribution is 2.34. The van der Waals surface area contributed by atoms with Crippen molar-refractivity contribution in [3.8, 4) is 5.75 Å². The minimum absolute atomic E-state index is 0.0497. The number of carbonyl (C=O) groups is 2. The second-order valence-corrected chi connectivity index (χ2v) is 8.68. The number of amides is 2. The predicted molar refractivity (Wildman–Crippen MR) is 124 cm³/mol. The monoisotopic (exact) mass is 450 g/mol. The van der Waals surface area contributed by atoms with E-state index in [0.717, 1.165) is 23.3 Å². The number of fused-ring (bicyclic) bond motifs is 1. The molecule has 1 aliphatic rings. The molecule has 0 spiro atoms. The predicted octanol–water partition coefficient (Wildman–Crippen LogP) is 4.48. The van der Waals surface area contributed by atoms with Gasteiger partial charge in [-0.15, -0.1) is 17.9 Å². The molecular formula is C25H26N2O4S. The third-order valence-electron chi connectivity index (χ3n) is 5.60. The molecule has 0 fully saturated rings. The summed E-state index contributed by atoms with van der Waals surface area (Å²) < 4.78 is 11.4. The van der Waals surface area contributed by atoms with Crippen molar-refractivity contribution in [1.82, 2.24) is 9.80 Å². The van der Waals surface area contributed by atoms with Crippen LogP contribution in [0.1, 0.15) is 32.6 Å². The molecule has 0 N–H and O–H groups in total. The van der Waals surface area contributed by atoms with E-state index in [-0.39, 0.29) is 36.7 Å². The molecule has 3 aromatic rings. The van der Waals surface area contributed by atoms with E-state index in [4.69, 9.17) is 9.15 Å². The van der Waals surface area contributed by atoms with Gasteiger partial charge in [0.2, 0.25) is 5.91 Å². The largest absolute Gasteiger partial charge is 0.491 e. The van der Waals surface area contributed by atoms with Gasteiger partial charge in [-0.2, -0.15) is 0 Å². The SMILES string of the molecule is C=CCN(CC(=O)N1CCc2sccc2[C@H]1COc1ccccc1C)C(=O)c1ccco1. The Labute approximate surface area is 191 Å². The fourth-order valence-electron chi connectivity index (χ4n) is 3.95. The highest BCUT2D eigenvalue weighted by atomic mass is 32.1. The molecule has 1 atom stereocenters. The van der Waals surface area contributed by atoms with E-state index in [1.165, 1.54) is 16.0 Å². The normalized spacial score (nSPS) is 15.2. The average Bonchev–Trinajstić information content (AvgIpc) is 3.49. The molecule has 1 aliphatic heterocycles. The maximum atomic E-state index is 13.4. The Kier molecular flexibility index (Phi) is 6.75. The molecule has 0 aliphatic carbocycles. The zero-order chi connectivity index (χ0) is 22.5. The number of rotatable bonds is 8. The van der Waals surface area contributed by atoms with Crippen LogP contribution in [0.25, 0.3) is 0 Å². The summed E-state index contributed by atoms with van der Waals surface area (Å²) in [6.07, 6.45) is 3.86. The van der Waals surface area contributed by atoms with Crippen LogP contribution in [-0.2, 0) is 11.2 Å². The van der Waals surface area contributed by atoms with Crippen molar-refractivity contribution in [3.05, 3.63) is 88.5 Å². The lowest BCUT2D eigenvalue weighted by Crippen LogP contribution is -2.47. The molecular weight excluding hydrogens is 424 g/mol. The fraction of sp³-hybridized carbons (Fsp3) is 0.280. The van der Waals surface area contributed by atoms with E-state index < -0.39 is 0 Å². The summed E-state index contributed by atoms with van der Waals surface area (Å²) in [5.74, 6) is 0.563. The van der Waals surface area contributed by atoms with Gasteiger partial charge in [0.25, 0.3) is 5.91 Å². The van der Waals surface area contributed by atoms with Crippen LogP contribution in [0.4, 0.5) is 0 Å². The molecule has 2 aromatic heterocycles. The van der Waals surface area contributed by atoms with Gasteiger partial charge in [0, 0.05) is 18.0 Å². The highest BCUT2D eigenvalue weighted by Gasteiger charge is 2.33. The van der Waals surface area contributed by atoms with E-state index >= 15 is 0 Å². The van der Waals surface area contributed by atoms with Gasteiger partial charge in [0.1, 0.15) is 18.9 Å². The summed E-state index contributed by atoms with van der Waals surface area (Å²) in [4.78, 5) is 30.8. The Morgan fingerprint density at radius 1 is 1.28 bits per heavy atom. The first-order chi connectivity index (χ1) is 15.6. The number of ether oxygens (including phenoxy) is 1. The van der Waals surface area contributed by atoms with Gasteiger partial charge < -0.3 is 19.0 Å². The number of para-hydroxylation sites is 1. The fourth-order valence-corrected chi connectivity index (χ4v) is 4.88. The molecule has 7 heteroatoms. The molecule has 0 saturated heterocycles. The first kappa shape index (κ1) is 21.9. The maximum Gasteiger partial charge on any atom is 0.290 e. The average molecular weight is 451 g/mol. The Morgan fingerprint density at radius 3 is 2.88 bits per heavy atom. The number of carbonyl (C=O) groups excluding carboxylic acids is 2. The van der Waals surface area contributed by atoms with Crippen LogP contribution in [0, 0.1) is 6.92 Å². The van der Waals surface area contributed by atoms with Gasteiger partial charge in [-0.25, -0.2) is 0 Å². The summed E-state index contributed by atoms with van der Waals surface area (Å²) in [5, 5.41) is 2.06. The van der Waals surface area contributed by atoms with Crippen molar-refractivity contribution in [2.24, 2.45) is 0 Å². The van der Waals surface area contributed by atoms with Crippen molar-refractivity contribution in [3.63, 3.8) is 0 Å². The number of thiophene rings is 1. The Balaban J connectivity index is 1.53. The lowest BCUT2D eigenvalue weighted by molar-refractivity contribution is -0.135. The van der Waals surface area contributed by atoms with Gasteiger partial charge in [0.15, 0.2) is 5.76 Å². The lowest BCUT2D eigenvalue weighted by atomic mass is 10.0. The second kappa shape index (κ2) is 9.87. The summed E-state index contributed by atoms with van der Waals surface area (Å²) in [7, 11) is 0. The number of benzene rings is 1. The van der Waals surface area contributed by atoms with Crippen LogP contribution in [0.2, 0.25) is 0 Å². The van der Waals surface area contributed by atoms with E-state index in [2.05, 4.69) is 18.0 Å². The minimum Gasteiger partial charge on any atom is -0.491 e. The van der Waals surface area contributed by atoms with Crippen LogP contribution >= 0.6 is 11.3 Å². The number of furan rings is 1. The Morgan fingerprint density at radius 2 is 2.12 bits per heavy atom. The molecule has 3 heterocycles. The maximum absolute atomic E-state index is 13.4. The summed E-state index contributed by atoms with van der Waals surface area (Å²) in [6, 6.07) is 13.0. The third-order valence-corrected chi connectivity index (χ3v) is 6.60. The van der Waals surface area contributed by atoms with Crippen LogP contribution in [-0.4, -0.2) is 47.9 Å². The lowest BCUT2D eigenvalue weighted by Gasteiger charge is -2.37. The van der Waals surface area contributed by atoms with E-state index in [1.54, 1.807) is 29.5 Å². The third kappa shape index (κ3) is 4.62. The van der Waals surface area contributed by atoms with Crippen molar-refractivity contribution < 1.29 is 18.7 Å². The van der Waals surface area contributed by atoms with Crippen molar-refractivity contribution >= 4 is 23.2 Å². The molecule has 0 radical (unpaired) electrons. The molecule has 0 saturated carbocycles. The van der Waals surface area contributed by atoms with Crippen molar-refractivity contribution in [2.75, 3.05) is 26.2 Å². The summed E-state index contributed by atoms with van der Waals surface area (Å²) in [5.41, 5.74) is 2.17. The highest BCUT2D eigenvalue weighted by molar-refractivity contribution is 7.10. The van der Waals surface area contributed by atoms with Crippen molar-refractivity contribution in [1.29, 1.82) is 0 Å². The van der Waals surface area contributed by atoms with Gasteiger partial charge >= 0.3 is 0 Å². The van der Waals surface area contributed by atoms with Gasteiger partial charge in [-0.05, 0) is 54.1 Å². The van der Waals surface area contributed by atoms with Crippen LogP contribution < -0.4 is 4.74 Å². The first-order valence-corrected chi connectivity index (χ1v) is 11.4. The summed E-state index contributed by atoms with van der Waals surface area (Å²) in [6.45, 7) is 6.88. The molecule has 6 nitrogen and oxygen atoms in total. The molecule has 4 rings (SSSR count). The second-order valence-electron chi connectivity index (χ2n) is 7.68. The van der Waals surface area contributed by atoms with E-state index in [0.29, 0.717) is 13.2 Å². The van der Waals surface area contributed by atoms with Gasteiger partial charge in [-0.1, -0.05) is 24.3 Å². The number of hydrogen-bond acceptors (Lipinski definition) is 5. The Bertz CT molecular complexity index is 1090. The zero-order valence-corrected chi connectivity index (χ0v) is 18.8. The topological polar surface area (TPSA) is 63.0 Å². The van der Waals surface area contributed by atoms with Crippen molar-refractivity contribution in [2.45, 2.75) is 19.4 Å². The number of hydrogen-bond donors (Lipinski definition) is 0. The Hall–Kier alpha value is -3.32. The number of nitrogens with zero attached hydrogens (tertiary/aromatic N) is 2. The minimum atomic E-state index is -0.329. The van der Waals surface area contributed by atoms with Crippen LogP contribution in [0.3, 0.4) is 0 Å². The van der Waals surface area contributed by atoms with E-state index in [1.807, 2.05) is 36.1 Å². The molecule has 0 bridgehead atoms. The van der Waals surface area contributed by atoms with Crippen LogP contribution in [0.15, 0.2) is 71.2 Å². The molecule has 2 amide bonds. The molecule has 166 valence electrons. The van der Waals surface area contributed by atoms with E-state index in [9.17, 15) is 9.59 Å². The molecule has 32 heavy (non-hydrogen) atoms. The molecule has 0 unspecified atom stereocenters. The van der Waals surface area contributed by atoms with Gasteiger partial charge in [-0.3, -0.25) is 9.59 Å². The smallest absolute Gasteiger partial charge is 0.290 e. The number of aryl methyl sites for hydroxylation is 1. The van der Waals surface area contributed by atoms with Gasteiger partial charge in [0.05, 0.1) is 12.3 Å².